The number of ketones is 1. The smallest absolute Gasteiger partial charge is 0.321 e. The minimum Gasteiger partial charge on any atom is -0.465 e. The first-order valence-electron chi connectivity index (χ1n) is 9.43. The Morgan fingerprint density at radius 1 is 0.964 bits per heavy atom. The van der Waals surface area contributed by atoms with Crippen molar-refractivity contribution in [1.82, 2.24) is 0 Å². The molecular weight excluding hydrogens is 371 g/mol. The Morgan fingerprint density at radius 3 is 2.00 bits per heavy atom. The van der Waals surface area contributed by atoms with Crippen LogP contribution in [0.25, 0.3) is 0 Å². The van der Waals surface area contributed by atoms with E-state index in [0.717, 1.165) is 23.1 Å². The van der Waals surface area contributed by atoms with Crippen LogP contribution in [0, 0.1) is 26.7 Å². The molecule has 0 aliphatic rings. The van der Waals surface area contributed by atoms with Gasteiger partial charge in [0, 0.05) is 5.56 Å². The van der Waals surface area contributed by atoms with Crippen LogP contribution in [0.15, 0.2) is 42.5 Å². The van der Waals surface area contributed by atoms with Crippen LogP contribution in [0.5, 0.6) is 0 Å². The first kappa shape index (κ1) is 23.8. The number of carbonyl (C=O) groups is 2. The number of hydrogen-bond donors (Lipinski definition) is 0. The van der Waals surface area contributed by atoms with Crippen molar-refractivity contribution in [3.05, 3.63) is 70.3 Å². The quantitative estimate of drug-likeness (QED) is 0.280. The molecule has 0 amide bonds. The molecule has 0 aliphatic heterocycles. The molecule has 0 fully saturated rings. The van der Waals surface area contributed by atoms with Gasteiger partial charge < -0.3 is 9.30 Å². The average molecular weight is 402 g/mol. The predicted molar refractivity (Wildman–Crippen MR) is 116 cm³/mol. The Morgan fingerprint density at radius 2 is 1.50 bits per heavy atom. The fourth-order valence-corrected chi connectivity index (χ4v) is 3.23. The third-order valence-corrected chi connectivity index (χ3v) is 4.49. The summed E-state index contributed by atoms with van der Waals surface area (Å²) in [5.74, 6) is -1.15. The third-order valence-electron chi connectivity index (χ3n) is 4.49. The molecule has 28 heavy (non-hydrogen) atoms. The van der Waals surface area contributed by atoms with Gasteiger partial charge in [-0.15, -0.1) is 0 Å². The van der Waals surface area contributed by atoms with E-state index in [2.05, 4.69) is 13.8 Å². The zero-order chi connectivity index (χ0) is 21.3. The minimum atomic E-state index is -0.927. The van der Waals surface area contributed by atoms with E-state index in [1.54, 1.807) is 0 Å². The molecule has 0 spiro atoms. The lowest BCUT2D eigenvalue weighted by molar-refractivity contribution is -0.144. The normalized spacial score (nSPS) is 11.5. The highest BCUT2D eigenvalue weighted by molar-refractivity contribution is 7.00. The number of rotatable bonds is 7. The fraction of sp³-hybridized carbons (Fsp3) is 0.391. The van der Waals surface area contributed by atoms with E-state index >= 15 is 0 Å². The van der Waals surface area contributed by atoms with Crippen LogP contribution in [-0.4, -0.2) is 18.4 Å². The van der Waals surface area contributed by atoms with Crippen LogP contribution in [-0.2, 0) is 14.1 Å². The van der Waals surface area contributed by atoms with E-state index in [1.165, 1.54) is 0 Å². The van der Waals surface area contributed by atoms with Gasteiger partial charge in [0.15, 0.2) is 5.78 Å². The van der Waals surface area contributed by atoms with Crippen LogP contribution < -0.4 is 0 Å². The fourth-order valence-electron chi connectivity index (χ4n) is 3.23. The zero-order valence-electron chi connectivity index (χ0n) is 17.5. The summed E-state index contributed by atoms with van der Waals surface area (Å²) in [7, 11) is 0.611. The number of aryl methyl sites for hydroxylation is 3. The summed E-state index contributed by atoms with van der Waals surface area (Å²) in [5, 5.41) is 0. The Kier molecular flexibility index (Phi) is 9.89. The highest BCUT2D eigenvalue weighted by Gasteiger charge is 2.32. The monoisotopic (exact) mass is 402 g/mol. The zero-order valence-corrected chi connectivity index (χ0v) is 18.9. The molecule has 4 nitrogen and oxygen atoms in total. The van der Waals surface area contributed by atoms with Crippen LogP contribution in [0.1, 0.15) is 58.8 Å². The van der Waals surface area contributed by atoms with Crippen LogP contribution in [0.2, 0.25) is 0 Å². The predicted octanol–water partition coefficient (Wildman–Crippen LogP) is 5.11. The van der Waals surface area contributed by atoms with Gasteiger partial charge in [0.2, 0.25) is 0 Å². The van der Waals surface area contributed by atoms with Crippen molar-refractivity contribution in [3.8, 4) is 0 Å². The van der Waals surface area contributed by atoms with Gasteiger partial charge in [-0.1, -0.05) is 61.9 Å². The summed E-state index contributed by atoms with van der Waals surface area (Å²) < 4.78 is 13.7. The summed E-state index contributed by atoms with van der Waals surface area (Å²) in [5.41, 5.74) is 4.18. The number of ether oxygens (including phenoxy) is 1. The molecule has 0 heterocycles. The SMILES string of the molecule is Cc1cc(C)c(C(=O)C(C(=O)OCCC(C)C)c2ccccc2)c(C)c1.O=[PH3]. The first-order chi connectivity index (χ1) is 13.3. The van der Waals surface area contributed by atoms with E-state index in [9.17, 15) is 9.59 Å². The van der Waals surface area contributed by atoms with Gasteiger partial charge in [0.05, 0.1) is 15.7 Å². The van der Waals surface area contributed by atoms with E-state index < -0.39 is 11.9 Å². The molecule has 2 aromatic rings. The number of hydrogen-bond acceptors (Lipinski definition) is 4. The topological polar surface area (TPSA) is 60.4 Å². The summed E-state index contributed by atoms with van der Waals surface area (Å²) in [6, 6.07) is 13.1. The van der Waals surface area contributed by atoms with E-state index in [4.69, 9.17) is 9.30 Å². The van der Waals surface area contributed by atoms with E-state index in [1.807, 2.05) is 63.2 Å². The van der Waals surface area contributed by atoms with Gasteiger partial charge in [-0.05, 0) is 49.8 Å². The number of esters is 1. The molecule has 0 aliphatic carbocycles. The van der Waals surface area contributed by atoms with Crippen molar-refractivity contribution in [1.29, 1.82) is 0 Å². The lowest BCUT2D eigenvalue weighted by Gasteiger charge is -2.19. The second kappa shape index (κ2) is 11.6. The van der Waals surface area contributed by atoms with Gasteiger partial charge in [0.25, 0.3) is 0 Å². The van der Waals surface area contributed by atoms with Crippen molar-refractivity contribution in [2.24, 2.45) is 5.92 Å². The molecule has 0 radical (unpaired) electrons. The number of benzene rings is 2. The van der Waals surface area contributed by atoms with E-state index in [0.29, 0.717) is 32.8 Å². The maximum atomic E-state index is 13.3. The van der Waals surface area contributed by atoms with Crippen molar-refractivity contribution in [2.45, 2.75) is 47.0 Å². The Hall–Kier alpha value is -2.19. The average Bonchev–Trinajstić information content (AvgIpc) is 2.63. The molecule has 2 unspecified atom stereocenters. The Bertz CT molecular complexity index is 776. The highest BCUT2D eigenvalue weighted by Crippen LogP contribution is 2.27. The van der Waals surface area contributed by atoms with Crippen molar-refractivity contribution in [3.63, 3.8) is 0 Å². The second-order valence-electron chi connectivity index (χ2n) is 7.33. The van der Waals surface area contributed by atoms with E-state index in [-0.39, 0.29) is 5.78 Å². The molecule has 0 aromatic heterocycles. The van der Waals surface area contributed by atoms with Crippen LogP contribution in [0.4, 0.5) is 0 Å². The number of Topliss-reactive ketones (excluding diaryl/α,β-unsaturated/α-hetero) is 1. The molecule has 5 heteroatoms. The summed E-state index contributed by atoms with van der Waals surface area (Å²) >= 11 is 0. The maximum absolute atomic E-state index is 13.3. The van der Waals surface area contributed by atoms with Crippen molar-refractivity contribution < 1.29 is 18.9 Å². The lowest BCUT2D eigenvalue weighted by atomic mass is 9.86. The van der Waals surface area contributed by atoms with Gasteiger partial charge >= 0.3 is 5.97 Å². The maximum Gasteiger partial charge on any atom is 0.321 e. The van der Waals surface area contributed by atoms with Gasteiger partial charge in [-0.25, -0.2) is 0 Å². The molecular formula is C23H31O4P. The van der Waals surface area contributed by atoms with Gasteiger partial charge in [-0.2, -0.15) is 0 Å². The van der Waals surface area contributed by atoms with Gasteiger partial charge in [0.1, 0.15) is 5.92 Å². The highest BCUT2D eigenvalue weighted by atomic mass is 31.0. The minimum absolute atomic E-state index is 0.194. The summed E-state index contributed by atoms with van der Waals surface area (Å²) in [6.45, 7) is 10.3. The van der Waals surface area contributed by atoms with Crippen LogP contribution >= 0.6 is 9.12 Å². The standard InChI is InChI=1S/C23H28O3.H3OP/c1-15(2)11-12-26-23(25)21(19-9-7-6-8-10-19)22(24)20-17(4)13-16(3)14-18(20)5;1-2/h6-10,13-15,21H,11-12H2,1-5H3;2H3. The summed E-state index contributed by atoms with van der Waals surface area (Å²) in [4.78, 5) is 26.1. The van der Waals surface area contributed by atoms with Gasteiger partial charge in [-0.3, -0.25) is 9.59 Å². The lowest BCUT2D eigenvalue weighted by Crippen LogP contribution is -2.26. The van der Waals surface area contributed by atoms with Crippen molar-refractivity contribution >= 4 is 20.9 Å². The molecule has 2 aromatic carbocycles. The molecule has 0 saturated heterocycles. The second-order valence-corrected chi connectivity index (χ2v) is 7.33. The first-order valence-corrected chi connectivity index (χ1v) is 10.0. The molecule has 0 N–H and O–H groups in total. The molecule has 2 atom stereocenters. The Balaban J connectivity index is 0.00000190. The van der Waals surface area contributed by atoms with Crippen LogP contribution in [0.3, 0.4) is 0 Å². The van der Waals surface area contributed by atoms with Crippen molar-refractivity contribution in [2.75, 3.05) is 6.61 Å². The largest absolute Gasteiger partial charge is 0.465 e. The molecule has 0 saturated carbocycles. The summed E-state index contributed by atoms with van der Waals surface area (Å²) in [6.07, 6.45) is 0.782. The third kappa shape index (κ3) is 6.45. The number of carbonyl (C=O) groups excluding carboxylic acids is 2. The molecule has 2 rings (SSSR count). The molecule has 152 valence electrons. The molecule has 0 bridgehead atoms. The Labute approximate surface area is 169 Å².